The van der Waals surface area contributed by atoms with E-state index in [0.717, 1.165) is 11.5 Å². The molecule has 0 fully saturated rings. The summed E-state index contributed by atoms with van der Waals surface area (Å²) in [4.78, 5) is 4.24. The summed E-state index contributed by atoms with van der Waals surface area (Å²) in [6.45, 7) is 4.78. The Bertz CT molecular complexity index is 363. The second kappa shape index (κ2) is 6.87. The number of methoxy groups -OCH3 is 1. The number of rotatable bonds is 5. The van der Waals surface area contributed by atoms with Gasteiger partial charge in [-0.1, -0.05) is 5.16 Å². The van der Waals surface area contributed by atoms with Gasteiger partial charge in [0.2, 0.25) is 5.96 Å². The zero-order chi connectivity index (χ0) is 12.7. The molecular formula is C10H19N5O2. The van der Waals surface area contributed by atoms with Crippen LogP contribution in [0.4, 0.5) is 0 Å². The van der Waals surface area contributed by atoms with Gasteiger partial charge in [0.15, 0.2) is 0 Å². The van der Waals surface area contributed by atoms with Crippen LogP contribution >= 0.6 is 0 Å². The molecule has 1 aromatic rings. The van der Waals surface area contributed by atoms with Crippen molar-refractivity contribution in [2.24, 2.45) is 10.8 Å². The SMILES string of the molecule is COCC(C)NC(=NCc1cc(C)on1)NN. The third-order valence-corrected chi connectivity index (χ3v) is 2.01. The molecule has 4 N–H and O–H groups in total. The lowest BCUT2D eigenvalue weighted by Crippen LogP contribution is -2.46. The van der Waals surface area contributed by atoms with Gasteiger partial charge in [0.05, 0.1) is 13.2 Å². The highest BCUT2D eigenvalue weighted by atomic mass is 16.5. The van der Waals surface area contributed by atoms with E-state index in [1.54, 1.807) is 7.11 Å². The number of nitrogens with two attached hydrogens (primary N) is 1. The van der Waals surface area contributed by atoms with Gasteiger partial charge < -0.3 is 14.6 Å². The maximum atomic E-state index is 5.36. The van der Waals surface area contributed by atoms with E-state index < -0.39 is 0 Å². The number of aromatic nitrogens is 1. The summed E-state index contributed by atoms with van der Waals surface area (Å²) in [7, 11) is 1.64. The van der Waals surface area contributed by atoms with E-state index >= 15 is 0 Å². The lowest BCUT2D eigenvalue weighted by atomic mass is 10.3. The van der Waals surface area contributed by atoms with Crippen molar-refractivity contribution in [1.29, 1.82) is 0 Å². The van der Waals surface area contributed by atoms with Crippen molar-refractivity contribution >= 4 is 5.96 Å². The Morgan fingerprint density at radius 3 is 3.00 bits per heavy atom. The maximum absolute atomic E-state index is 5.36. The normalized spacial score (nSPS) is 13.5. The van der Waals surface area contributed by atoms with Crippen LogP contribution in [0.25, 0.3) is 0 Å². The Labute approximate surface area is 100 Å². The van der Waals surface area contributed by atoms with Crippen molar-refractivity contribution in [2.45, 2.75) is 26.4 Å². The molecule has 1 unspecified atom stereocenters. The summed E-state index contributed by atoms with van der Waals surface area (Å²) < 4.78 is 9.94. The van der Waals surface area contributed by atoms with E-state index in [0.29, 0.717) is 19.1 Å². The molecular weight excluding hydrogens is 222 g/mol. The molecule has 1 heterocycles. The summed E-state index contributed by atoms with van der Waals surface area (Å²) in [5.41, 5.74) is 3.25. The minimum atomic E-state index is 0.119. The van der Waals surface area contributed by atoms with Crippen LogP contribution in [0.3, 0.4) is 0 Å². The molecule has 7 nitrogen and oxygen atoms in total. The molecule has 0 aliphatic carbocycles. The van der Waals surface area contributed by atoms with Gasteiger partial charge in [-0.3, -0.25) is 5.43 Å². The fourth-order valence-corrected chi connectivity index (χ4v) is 1.31. The van der Waals surface area contributed by atoms with E-state index in [1.165, 1.54) is 0 Å². The summed E-state index contributed by atoms with van der Waals surface area (Å²) in [6, 6.07) is 1.95. The molecule has 0 spiro atoms. The van der Waals surface area contributed by atoms with Gasteiger partial charge in [0, 0.05) is 19.2 Å². The van der Waals surface area contributed by atoms with Crippen LogP contribution in [0.2, 0.25) is 0 Å². The summed E-state index contributed by atoms with van der Waals surface area (Å²) in [5.74, 6) is 6.62. The molecule has 0 amide bonds. The van der Waals surface area contributed by atoms with E-state index in [9.17, 15) is 0 Å². The third-order valence-electron chi connectivity index (χ3n) is 2.01. The number of nitrogens with one attached hydrogen (secondary N) is 2. The van der Waals surface area contributed by atoms with Crippen LogP contribution in [0.5, 0.6) is 0 Å². The molecule has 0 bridgehead atoms. The number of guanidine groups is 1. The average Bonchev–Trinajstić information content (AvgIpc) is 2.70. The second-order valence-corrected chi connectivity index (χ2v) is 3.74. The minimum Gasteiger partial charge on any atom is -0.383 e. The largest absolute Gasteiger partial charge is 0.383 e. The van der Waals surface area contributed by atoms with E-state index in [-0.39, 0.29) is 6.04 Å². The average molecular weight is 241 g/mol. The second-order valence-electron chi connectivity index (χ2n) is 3.74. The molecule has 0 aliphatic rings. The number of hydrogen-bond acceptors (Lipinski definition) is 5. The highest BCUT2D eigenvalue weighted by Gasteiger charge is 2.04. The number of ether oxygens (including phenoxy) is 1. The molecule has 1 atom stereocenters. The third kappa shape index (κ3) is 4.83. The van der Waals surface area contributed by atoms with E-state index in [2.05, 4.69) is 20.9 Å². The molecule has 7 heteroatoms. The summed E-state index contributed by atoms with van der Waals surface area (Å²) in [6.07, 6.45) is 0. The van der Waals surface area contributed by atoms with Gasteiger partial charge in [0.1, 0.15) is 11.5 Å². The molecule has 17 heavy (non-hydrogen) atoms. The van der Waals surface area contributed by atoms with Crippen LogP contribution in [0, 0.1) is 6.92 Å². The van der Waals surface area contributed by atoms with Crippen LogP contribution in [0.1, 0.15) is 18.4 Å². The van der Waals surface area contributed by atoms with Crippen molar-refractivity contribution in [3.8, 4) is 0 Å². The van der Waals surface area contributed by atoms with Crippen molar-refractivity contribution in [3.63, 3.8) is 0 Å². The predicted octanol–water partition coefficient (Wildman–Crippen LogP) is -0.0732. The Morgan fingerprint density at radius 1 is 1.71 bits per heavy atom. The smallest absolute Gasteiger partial charge is 0.206 e. The Kier molecular flexibility index (Phi) is 5.44. The lowest BCUT2D eigenvalue weighted by molar-refractivity contribution is 0.179. The van der Waals surface area contributed by atoms with Crippen LogP contribution < -0.4 is 16.6 Å². The number of hydrazine groups is 1. The van der Waals surface area contributed by atoms with Crippen molar-refractivity contribution in [2.75, 3.05) is 13.7 Å². The molecule has 96 valence electrons. The number of aliphatic imine (C=N–C) groups is 1. The van der Waals surface area contributed by atoms with Gasteiger partial charge >= 0.3 is 0 Å². The van der Waals surface area contributed by atoms with Crippen LogP contribution in [-0.2, 0) is 11.3 Å². The van der Waals surface area contributed by atoms with Crippen LogP contribution in [-0.4, -0.2) is 30.9 Å². The summed E-state index contributed by atoms with van der Waals surface area (Å²) in [5, 5.41) is 6.91. The van der Waals surface area contributed by atoms with Gasteiger partial charge in [-0.25, -0.2) is 10.8 Å². The number of hydrogen-bond donors (Lipinski definition) is 3. The Hall–Kier alpha value is -1.60. The minimum absolute atomic E-state index is 0.119. The van der Waals surface area contributed by atoms with Crippen molar-refractivity contribution in [1.82, 2.24) is 15.9 Å². The molecule has 1 rings (SSSR count). The van der Waals surface area contributed by atoms with Crippen LogP contribution in [0.15, 0.2) is 15.6 Å². The lowest BCUT2D eigenvalue weighted by Gasteiger charge is -2.15. The standard InChI is InChI=1S/C10H19N5O2/c1-7(6-16-3)13-10(14-11)12-5-9-4-8(2)17-15-9/h4,7H,5-6,11H2,1-3H3,(H2,12,13,14). The monoisotopic (exact) mass is 241 g/mol. The molecule has 1 aromatic heterocycles. The molecule has 0 aromatic carbocycles. The quantitative estimate of drug-likeness (QED) is 0.289. The molecule has 0 saturated carbocycles. The molecule has 0 radical (unpaired) electrons. The number of nitrogens with zero attached hydrogens (tertiary/aromatic N) is 2. The Balaban J connectivity index is 2.49. The summed E-state index contributed by atoms with van der Waals surface area (Å²) >= 11 is 0. The fourth-order valence-electron chi connectivity index (χ4n) is 1.31. The first kappa shape index (κ1) is 13.5. The molecule has 0 aliphatic heterocycles. The zero-order valence-corrected chi connectivity index (χ0v) is 10.4. The first-order valence-corrected chi connectivity index (χ1v) is 5.34. The van der Waals surface area contributed by atoms with Crippen molar-refractivity contribution in [3.05, 3.63) is 17.5 Å². The molecule has 0 saturated heterocycles. The van der Waals surface area contributed by atoms with Gasteiger partial charge in [-0.2, -0.15) is 0 Å². The van der Waals surface area contributed by atoms with Crippen molar-refractivity contribution < 1.29 is 9.26 Å². The maximum Gasteiger partial charge on any atom is 0.206 e. The predicted molar refractivity (Wildman–Crippen MR) is 64.2 cm³/mol. The first-order valence-electron chi connectivity index (χ1n) is 5.34. The van der Waals surface area contributed by atoms with E-state index in [1.807, 2.05) is 19.9 Å². The Morgan fingerprint density at radius 2 is 2.47 bits per heavy atom. The van der Waals surface area contributed by atoms with Gasteiger partial charge in [0.25, 0.3) is 0 Å². The van der Waals surface area contributed by atoms with E-state index in [4.69, 9.17) is 15.1 Å². The fraction of sp³-hybridized carbons (Fsp3) is 0.600. The topological polar surface area (TPSA) is 97.7 Å². The highest BCUT2D eigenvalue weighted by Crippen LogP contribution is 2.02. The first-order chi connectivity index (χ1) is 8.15. The number of aryl methyl sites for hydroxylation is 1. The zero-order valence-electron chi connectivity index (χ0n) is 10.4. The van der Waals surface area contributed by atoms with Gasteiger partial charge in [-0.15, -0.1) is 0 Å². The highest BCUT2D eigenvalue weighted by molar-refractivity contribution is 5.79. The van der Waals surface area contributed by atoms with Gasteiger partial charge in [-0.05, 0) is 13.8 Å².